The first-order valence-electron chi connectivity index (χ1n) is 18.7. The van der Waals surface area contributed by atoms with Gasteiger partial charge in [0, 0.05) is 34.7 Å². The second-order valence-corrected chi connectivity index (χ2v) is 13.2. The van der Waals surface area contributed by atoms with Crippen molar-refractivity contribution < 1.29 is 76.2 Å². The van der Waals surface area contributed by atoms with E-state index in [2.05, 4.69) is 21.9 Å². The lowest BCUT2D eigenvalue weighted by Gasteiger charge is -2.48. The topological polar surface area (TPSA) is 239 Å². The zero-order valence-electron chi connectivity index (χ0n) is 34.3. The van der Waals surface area contributed by atoms with Crippen molar-refractivity contribution in [2.45, 2.75) is 76.8 Å². The van der Waals surface area contributed by atoms with E-state index >= 15 is 0 Å². The molecule has 0 saturated carbocycles. The van der Waals surface area contributed by atoms with Crippen molar-refractivity contribution in [1.82, 2.24) is 16.0 Å². The largest absolute Gasteiger partial charge is 0.465 e. The van der Waals surface area contributed by atoms with Gasteiger partial charge in [0.05, 0.1) is 59.0 Å². The third-order valence-electron chi connectivity index (χ3n) is 8.59. The lowest BCUT2D eigenvalue weighted by molar-refractivity contribution is -0.314. The van der Waals surface area contributed by atoms with Crippen LogP contribution in [0.1, 0.15) is 39.7 Å². The van der Waals surface area contributed by atoms with E-state index < -0.39 is 91.0 Å². The highest BCUT2D eigenvalue weighted by atomic mass is 16.7. The summed E-state index contributed by atoms with van der Waals surface area (Å²) in [6.45, 7) is 4.07. The maximum Gasteiger partial charge on any atom is 0.366 e. The smallest absolute Gasteiger partial charge is 0.366 e. The summed E-state index contributed by atoms with van der Waals surface area (Å²) >= 11 is 0. The maximum atomic E-state index is 13.6. The van der Waals surface area contributed by atoms with Crippen molar-refractivity contribution in [2.75, 3.05) is 53.7 Å². The number of esters is 5. The molecule has 0 aliphatic carbocycles. The summed E-state index contributed by atoms with van der Waals surface area (Å²) in [5.41, 5.74) is 2.29. The van der Waals surface area contributed by atoms with Crippen LogP contribution >= 0.6 is 0 Å². The molecule has 326 valence electrons. The Morgan fingerprint density at radius 2 is 1.45 bits per heavy atom. The van der Waals surface area contributed by atoms with Gasteiger partial charge in [-0.1, -0.05) is 42.3 Å². The third kappa shape index (κ3) is 15.3. The first-order valence-corrected chi connectivity index (χ1v) is 18.7. The standard InChI is InChI=1S/C41H51N3O16/c1-8-17-53-18-19-54-20-21-55-41(39(50)52-7)23-33(57-26(3)46)36(44-40(51)42-6)38(60-41)37(59-28(5)48)34(58-27(4)47)24-43-35(49)22-29-9-11-30(12-10-29)31-13-15-32(16-14-31)56-25(2)45/h1,9-16,33-34,36-38H,17-24H2,2-7H3,(H,43,49)(H2,42,44,51)/t33-,34+,36+,37+,38+,41+/m0/s1. The molecule has 3 amide bonds. The van der Waals surface area contributed by atoms with Gasteiger partial charge in [0.2, 0.25) is 5.91 Å². The molecule has 1 aliphatic heterocycles. The summed E-state index contributed by atoms with van der Waals surface area (Å²) in [4.78, 5) is 88.7. The Morgan fingerprint density at radius 3 is 2.02 bits per heavy atom. The van der Waals surface area contributed by atoms with Gasteiger partial charge < -0.3 is 58.6 Å². The van der Waals surface area contributed by atoms with Gasteiger partial charge in [-0.15, -0.1) is 6.42 Å². The molecule has 2 aromatic rings. The molecular weight excluding hydrogens is 790 g/mol. The lowest BCUT2D eigenvalue weighted by Crippen LogP contribution is -2.70. The third-order valence-corrected chi connectivity index (χ3v) is 8.59. The Bertz CT molecular complexity index is 1830. The molecule has 19 heteroatoms. The molecule has 0 aromatic heterocycles. The summed E-state index contributed by atoms with van der Waals surface area (Å²) in [6, 6.07) is 11.8. The van der Waals surface area contributed by atoms with E-state index in [1.54, 1.807) is 48.5 Å². The normalized spacial score (nSPS) is 19.2. The zero-order valence-corrected chi connectivity index (χ0v) is 34.3. The Balaban J connectivity index is 1.93. The van der Waals surface area contributed by atoms with Crippen molar-refractivity contribution >= 4 is 41.8 Å². The van der Waals surface area contributed by atoms with Crippen LogP contribution in [-0.2, 0) is 73.1 Å². The molecule has 2 aromatic carbocycles. The molecule has 6 atom stereocenters. The van der Waals surface area contributed by atoms with Gasteiger partial charge in [0.15, 0.2) is 12.2 Å². The number of rotatable bonds is 21. The van der Waals surface area contributed by atoms with Crippen molar-refractivity contribution in [2.24, 2.45) is 0 Å². The summed E-state index contributed by atoms with van der Waals surface area (Å²) in [6.07, 6.45) is -1.79. The fourth-order valence-electron chi connectivity index (χ4n) is 6.14. The average molecular weight is 842 g/mol. The number of hydrogen-bond acceptors (Lipinski definition) is 16. The number of urea groups is 1. The minimum atomic E-state index is -2.37. The Morgan fingerprint density at radius 1 is 0.833 bits per heavy atom. The fourth-order valence-corrected chi connectivity index (χ4v) is 6.14. The molecule has 1 fully saturated rings. The van der Waals surface area contributed by atoms with Crippen molar-refractivity contribution in [3.05, 3.63) is 54.1 Å². The van der Waals surface area contributed by atoms with Crippen molar-refractivity contribution in [1.29, 1.82) is 0 Å². The molecule has 3 N–H and O–H groups in total. The van der Waals surface area contributed by atoms with E-state index in [1.807, 2.05) is 0 Å². The second-order valence-electron chi connectivity index (χ2n) is 13.2. The van der Waals surface area contributed by atoms with Gasteiger partial charge in [-0.25, -0.2) is 9.59 Å². The predicted molar refractivity (Wildman–Crippen MR) is 209 cm³/mol. The van der Waals surface area contributed by atoms with E-state index in [0.717, 1.165) is 39.0 Å². The maximum absolute atomic E-state index is 13.6. The number of carbonyl (C=O) groups is 7. The van der Waals surface area contributed by atoms with Gasteiger partial charge in [0.25, 0.3) is 5.79 Å². The van der Waals surface area contributed by atoms with E-state index in [9.17, 15) is 33.6 Å². The number of methoxy groups -OCH3 is 1. The first-order chi connectivity index (χ1) is 28.6. The molecule has 3 rings (SSSR count). The summed E-state index contributed by atoms with van der Waals surface area (Å²) < 4.78 is 50.0. The van der Waals surface area contributed by atoms with Gasteiger partial charge in [-0.3, -0.25) is 24.0 Å². The van der Waals surface area contributed by atoms with Crippen molar-refractivity contribution in [3.8, 4) is 29.2 Å². The summed E-state index contributed by atoms with van der Waals surface area (Å²) in [7, 11) is 2.37. The van der Waals surface area contributed by atoms with Crippen LogP contribution in [0.3, 0.4) is 0 Å². The summed E-state index contributed by atoms with van der Waals surface area (Å²) in [5.74, 6) is -4.29. The van der Waals surface area contributed by atoms with Crippen LogP contribution in [-0.4, -0.2) is 132 Å². The van der Waals surface area contributed by atoms with E-state index in [1.165, 1.54) is 14.0 Å². The number of benzene rings is 2. The number of terminal acetylenes is 1. The Labute approximate surface area is 347 Å². The highest BCUT2D eigenvalue weighted by molar-refractivity contribution is 5.80. The van der Waals surface area contributed by atoms with Crippen molar-refractivity contribution in [3.63, 3.8) is 0 Å². The quantitative estimate of drug-likeness (QED) is 0.0529. The van der Waals surface area contributed by atoms with E-state index in [4.69, 9.17) is 49.1 Å². The zero-order chi connectivity index (χ0) is 44.2. The van der Waals surface area contributed by atoms with Crippen LogP contribution < -0.4 is 20.7 Å². The van der Waals surface area contributed by atoms with Gasteiger partial charge in [-0.2, -0.15) is 0 Å². The SMILES string of the molecule is C#CCOCCOCCO[C@]1(C(=O)OC)C[C@H](OC(C)=O)[C@@H](NC(=O)NC)[C@H]([C@H](OC(C)=O)[C@@H](CNC(=O)Cc2ccc(-c3ccc(OC(C)=O)cc3)cc2)OC(C)=O)O1. The van der Waals surface area contributed by atoms with Crippen LogP contribution in [0.15, 0.2) is 48.5 Å². The molecule has 19 nitrogen and oxygen atoms in total. The van der Waals surface area contributed by atoms with Gasteiger partial charge in [-0.05, 0) is 28.8 Å². The average Bonchev–Trinajstić information content (AvgIpc) is 3.20. The molecule has 1 aliphatic rings. The molecule has 1 saturated heterocycles. The van der Waals surface area contributed by atoms with Crippen LogP contribution in [0.4, 0.5) is 4.79 Å². The number of carbonyl (C=O) groups excluding carboxylic acids is 7. The highest BCUT2D eigenvalue weighted by Crippen LogP contribution is 2.37. The number of amides is 3. The van der Waals surface area contributed by atoms with E-state index in [-0.39, 0.29) is 39.5 Å². The fraction of sp³-hybridized carbons (Fsp3) is 0.488. The predicted octanol–water partition coefficient (Wildman–Crippen LogP) is 1.37. The Kier molecular flexibility index (Phi) is 19.4. The molecule has 0 bridgehead atoms. The molecule has 1 heterocycles. The monoisotopic (exact) mass is 841 g/mol. The second kappa shape index (κ2) is 24.1. The Hall–Kier alpha value is -6.07. The van der Waals surface area contributed by atoms with Crippen LogP contribution in [0.25, 0.3) is 11.1 Å². The minimum absolute atomic E-state index is 0.0808. The molecule has 0 spiro atoms. The highest BCUT2D eigenvalue weighted by Gasteiger charge is 2.59. The van der Waals surface area contributed by atoms with E-state index in [0.29, 0.717) is 11.3 Å². The van der Waals surface area contributed by atoms with Crippen LogP contribution in [0.2, 0.25) is 0 Å². The number of ether oxygens (including phenoxy) is 9. The molecule has 60 heavy (non-hydrogen) atoms. The lowest BCUT2D eigenvalue weighted by atomic mass is 9.88. The number of nitrogens with one attached hydrogen (secondary N) is 3. The number of hydrogen-bond donors (Lipinski definition) is 3. The van der Waals surface area contributed by atoms with Crippen LogP contribution in [0, 0.1) is 12.3 Å². The summed E-state index contributed by atoms with van der Waals surface area (Å²) in [5, 5.41) is 7.66. The molecular formula is C41H51N3O16. The first kappa shape index (κ1) is 48.3. The molecule has 0 unspecified atom stereocenters. The van der Waals surface area contributed by atoms with Crippen LogP contribution in [0.5, 0.6) is 5.75 Å². The van der Waals surface area contributed by atoms with Gasteiger partial charge in [0.1, 0.15) is 24.6 Å². The molecule has 0 radical (unpaired) electrons. The minimum Gasteiger partial charge on any atom is -0.465 e. The van der Waals surface area contributed by atoms with Gasteiger partial charge >= 0.3 is 35.9 Å².